The molecule has 1 aliphatic rings. The van der Waals surface area contributed by atoms with Gasteiger partial charge in [-0.05, 0) is 22.8 Å². The van der Waals surface area contributed by atoms with Crippen LogP contribution in [0, 0.1) is 0 Å². The maximum absolute atomic E-state index is 13.0. The van der Waals surface area contributed by atoms with Gasteiger partial charge < -0.3 is 15.4 Å². The summed E-state index contributed by atoms with van der Waals surface area (Å²) in [5, 5.41) is 4.20. The number of carbonyl (C=O) groups is 2. The Kier molecular flexibility index (Phi) is 5.03. The second-order valence-electron chi connectivity index (χ2n) is 7.12. The third-order valence-corrected chi connectivity index (χ3v) is 4.95. The number of aryl methyl sites for hydroxylation is 1. The van der Waals surface area contributed by atoms with Gasteiger partial charge in [-0.3, -0.25) is 14.3 Å². The van der Waals surface area contributed by atoms with Gasteiger partial charge >= 0.3 is 0 Å². The Bertz CT molecular complexity index is 1060. The van der Waals surface area contributed by atoms with E-state index in [-0.39, 0.29) is 18.9 Å². The van der Waals surface area contributed by atoms with Crippen LogP contribution in [-0.4, -0.2) is 33.1 Å². The predicted molar refractivity (Wildman–Crippen MR) is 108 cm³/mol. The van der Waals surface area contributed by atoms with Crippen LogP contribution in [0.2, 0.25) is 0 Å². The summed E-state index contributed by atoms with van der Waals surface area (Å²) in [6, 6.07) is 13.7. The van der Waals surface area contributed by atoms with Crippen molar-refractivity contribution in [3.05, 3.63) is 71.5 Å². The predicted octanol–water partition coefficient (Wildman–Crippen LogP) is 2.50. The van der Waals surface area contributed by atoms with Crippen LogP contribution in [0.25, 0.3) is 11.1 Å². The Morgan fingerprint density at radius 2 is 1.97 bits per heavy atom. The molecule has 2 N–H and O–H groups in total. The van der Waals surface area contributed by atoms with Crippen molar-refractivity contribution < 1.29 is 14.3 Å². The molecule has 2 aromatic carbocycles. The van der Waals surface area contributed by atoms with Crippen molar-refractivity contribution in [1.29, 1.82) is 0 Å². The number of benzene rings is 2. The molecule has 1 aliphatic heterocycles. The van der Waals surface area contributed by atoms with Crippen LogP contribution in [0.1, 0.15) is 27.9 Å². The van der Waals surface area contributed by atoms with Crippen molar-refractivity contribution in [2.75, 3.05) is 6.61 Å². The van der Waals surface area contributed by atoms with Crippen molar-refractivity contribution >= 4 is 11.8 Å². The Morgan fingerprint density at radius 1 is 1.17 bits per heavy atom. The molecule has 29 heavy (non-hydrogen) atoms. The van der Waals surface area contributed by atoms with Gasteiger partial charge in [-0.2, -0.15) is 5.10 Å². The molecule has 7 nitrogen and oxygen atoms in total. The highest BCUT2D eigenvalue weighted by molar-refractivity contribution is 6.01. The lowest BCUT2D eigenvalue weighted by Crippen LogP contribution is -2.23. The Morgan fingerprint density at radius 3 is 2.66 bits per heavy atom. The van der Waals surface area contributed by atoms with E-state index in [1.807, 2.05) is 55.8 Å². The first-order valence-electron chi connectivity index (χ1n) is 9.41. The molecule has 0 bridgehead atoms. The minimum absolute atomic E-state index is 0.0639. The van der Waals surface area contributed by atoms with Crippen LogP contribution in [0.15, 0.2) is 54.9 Å². The molecule has 0 saturated carbocycles. The van der Waals surface area contributed by atoms with Gasteiger partial charge in [0.1, 0.15) is 5.75 Å². The molecule has 4 rings (SSSR count). The molecule has 0 fully saturated rings. The van der Waals surface area contributed by atoms with Gasteiger partial charge in [0, 0.05) is 31.9 Å². The number of aromatic nitrogens is 2. The second kappa shape index (κ2) is 7.79. The molecule has 2 heterocycles. The van der Waals surface area contributed by atoms with Gasteiger partial charge in [0.2, 0.25) is 5.91 Å². The van der Waals surface area contributed by atoms with Gasteiger partial charge in [-0.25, -0.2) is 0 Å². The monoisotopic (exact) mass is 390 g/mol. The lowest BCUT2D eigenvalue weighted by molar-refractivity contribution is -0.118. The van der Waals surface area contributed by atoms with E-state index in [0.29, 0.717) is 24.4 Å². The molecule has 0 saturated heterocycles. The largest absolute Gasteiger partial charge is 0.492 e. The fourth-order valence-corrected chi connectivity index (χ4v) is 3.49. The smallest absolute Gasteiger partial charge is 0.258 e. The van der Waals surface area contributed by atoms with Crippen LogP contribution in [-0.2, 0) is 24.9 Å². The van der Waals surface area contributed by atoms with E-state index in [0.717, 1.165) is 22.3 Å². The molecule has 3 aromatic rings. The number of nitrogens with two attached hydrogens (primary N) is 1. The topological polar surface area (TPSA) is 90.5 Å². The molecule has 0 atom stereocenters. The minimum atomic E-state index is -0.430. The first kappa shape index (κ1) is 18.7. The number of primary amides is 1. The summed E-state index contributed by atoms with van der Waals surface area (Å²) in [6.07, 6.45) is 3.91. The summed E-state index contributed by atoms with van der Waals surface area (Å²) in [6.45, 7) is 1.21. The molecule has 0 spiro atoms. The molecular weight excluding hydrogens is 368 g/mol. The lowest BCUT2D eigenvalue weighted by atomic mass is 10.1. The van der Waals surface area contributed by atoms with E-state index in [1.54, 1.807) is 15.6 Å². The van der Waals surface area contributed by atoms with Gasteiger partial charge in [-0.1, -0.05) is 36.4 Å². The molecule has 1 aromatic heterocycles. The van der Waals surface area contributed by atoms with Crippen molar-refractivity contribution in [3.63, 3.8) is 0 Å². The van der Waals surface area contributed by atoms with Crippen molar-refractivity contribution in [2.24, 2.45) is 12.8 Å². The number of rotatable bonds is 7. The summed E-state index contributed by atoms with van der Waals surface area (Å²) in [5.41, 5.74) is 9.85. The van der Waals surface area contributed by atoms with E-state index in [4.69, 9.17) is 10.5 Å². The average molecular weight is 390 g/mol. The lowest BCUT2D eigenvalue weighted by Gasteiger charge is -2.16. The molecule has 7 heteroatoms. The first-order valence-corrected chi connectivity index (χ1v) is 9.41. The first-order chi connectivity index (χ1) is 14.0. The SMILES string of the molecule is Cn1cc(-c2ccc(CN3Cc4cccc(OCCC(N)=O)c4C3=O)cc2)cn1. The van der Waals surface area contributed by atoms with E-state index in [2.05, 4.69) is 5.10 Å². The summed E-state index contributed by atoms with van der Waals surface area (Å²) in [4.78, 5) is 25.7. The van der Waals surface area contributed by atoms with Crippen LogP contribution in [0.4, 0.5) is 0 Å². The maximum Gasteiger partial charge on any atom is 0.258 e. The highest BCUT2D eigenvalue weighted by Gasteiger charge is 2.30. The quantitative estimate of drug-likeness (QED) is 0.671. The van der Waals surface area contributed by atoms with Crippen LogP contribution in [0.3, 0.4) is 0 Å². The number of amides is 2. The number of carbonyl (C=O) groups excluding carboxylic acids is 2. The van der Waals surface area contributed by atoms with Crippen LogP contribution in [0.5, 0.6) is 5.75 Å². The molecule has 148 valence electrons. The third kappa shape index (κ3) is 3.99. The Balaban J connectivity index is 1.46. The van der Waals surface area contributed by atoms with E-state index in [9.17, 15) is 9.59 Å². The third-order valence-electron chi connectivity index (χ3n) is 4.95. The minimum Gasteiger partial charge on any atom is -0.492 e. The van der Waals surface area contributed by atoms with E-state index >= 15 is 0 Å². The summed E-state index contributed by atoms with van der Waals surface area (Å²) < 4.78 is 7.41. The zero-order valence-electron chi connectivity index (χ0n) is 16.2. The van der Waals surface area contributed by atoms with Gasteiger partial charge in [0.25, 0.3) is 5.91 Å². The number of hydrogen-bond acceptors (Lipinski definition) is 4. The highest BCUT2D eigenvalue weighted by atomic mass is 16.5. The van der Waals surface area contributed by atoms with Crippen molar-refractivity contribution in [1.82, 2.24) is 14.7 Å². The van der Waals surface area contributed by atoms with Gasteiger partial charge in [0.05, 0.1) is 24.8 Å². The van der Waals surface area contributed by atoms with Crippen LogP contribution < -0.4 is 10.5 Å². The van der Waals surface area contributed by atoms with Crippen molar-refractivity contribution in [2.45, 2.75) is 19.5 Å². The van der Waals surface area contributed by atoms with E-state index in [1.165, 1.54) is 0 Å². The number of nitrogens with zero attached hydrogens (tertiary/aromatic N) is 3. The average Bonchev–Trinajstić information content (AvgIpc) is 3.26. The maximum atomic E-state index is 13.0. The summed E-state index contributed by atoms with van der Waals surface area (Å²) in [5.74, 6) is 0.00875. The van der Waals surface area contributed by atoms with Crippen LogP contribution >= 0.6 is 0 Å². The molecule has 0 radical (unpaired) electrons. The summed E-state index contributed by atoms with van der Waals surface area (Å²) in [7, 11) is 1.89. The Hall–Kier alpha value is -3.61. The summed E-state index contributed by atoms with van der Waals surface area (Å²) >= 11 is 0. The zero-order chi connectivity index (χ0) is 20.4. The zero-order valence-corrected chi connectivity index (χ0v) is 16.2. The fraction of sp³-hybridized carbons (Fsp3) is 0.227. The Labute approximate surface area is 168 Å². The van der Waals surface area contributed by atoms with Crippen molar-refractivity contribution in [3.8, 4) is 16.9 Å². The van der Waals surface area contributed by atoms with Gasteiger partial charge in [-0.15, -0.1) is 0 Å². The number of hydrogen-bond donors (Lipinski definition) is 1. The second-order valence-corrected chi connectivity index (χ2v) is 7.12. The standard InChI is InChI=1S/C22H22N4O3/c1-25-13-18(11-24-25)16-7-5-15(6-8-16)12-26-14-17-3-2-4-19(21(17)22(26)28)29-10-9-20(23)27/h2-8,11,13H,9-10,12,14H2,1H3,(H2,23,27). The van der Waals surface area contributed by atoms with Gasteiger partial charge in [0.15, 0.2) is 0 Å². The highest BCUT2D eigenvalue weighted by Crippen LogP contribution is 2.32. The fourth-order valence-electron chi connectivity index (χ4n) is 3.49. The molecule has 2 amide bonds. The van der Waals surface area contributed by atoms with E-state index < -0.39 is 5.91 Å². The number of fused-ring (bicyclic) bond motifs is 1. The molecular formula is C22H22N4O3. The normalized spacial score (nSPS) is 12.9. The number of ether oxygens (including phenoxy) is 1. The molecule has 0 aliphatic carbocycles. The molecule has 0 unspecified atom stereocenters.